The van der Waals surface area contributed by atoms with E-state index in [-0.39, 0.29) is 18.6 Å². The monoisotopic (exact) mass is 653 g/mol. The highest BCUT2D eigenvalue weighted by molar-refractivity contribution is 5.86. The van der Waals surface area contributed by atoms with Gasteiger partial charge in [-0.25, -0.2) is 0 Å². The number of rotatable bonds is 13. The Morgan fingerprint density at radius 1 is 0.939 bits per heavy atom. The molecule has 0 bridgehead atoms. The maximum Gasteiger partial charge on any atom is 0.223 e. The number of hydrogen-bond acceptors (Lipinski definition) is 6. The van der Waals surface area contributed by atoms with Gasteiger partial charge in [-0.2, -0.15) is 0 Å². The first-order valence-corrected chi connectivity index (χ1v) is 16.8. The van der Waals surface area contributed by atoms with Crippen LogP contribution in [0.15, 0.2) is 102 Å². The minimum absolute atomic E-state index is 0.0492. The molecular formula is C38H39N9O2. The summed E-state index contributed by atoms with van der Waals surface area (Å²) in [6.45, 7) is 2.11. The summed E-state index contributed by atoms with van der Waals surface area (Å²) in [7, 11) is 0. The lowest BCUT2D eigenvalue weighted by atomic mass is 9.95. The second-order valence-electron chi connectivity index (χ2n) is 12.5. The second kappa shape index (κ2) is 15.1. The predicted octanol–water partition coefficient (Wildman–Crippen LogP) is 6.79. The lowest BCUT2D eigenvalue weighted by Gasteiger charge is -2.26. The smallest absolute Gasteiger partial charge is 0.223 e. The Morgan fingerprint density at radius 3 is 2.55 bits per heavy atom. The fourth-order valence-corrected chi connectivity index (χ4v) is 6.82. The largest absolute Gasteiger partial charge is 0.488 e. The Bertz CT molecular complexity index is 2080. The fraction of sp³-hybridized carbons (Fsp3) is 0.289. The van der Waals surface area contributed by atoms with Crippen LogP contribution >= 0.6 is 0 Å². The van der Waals surface area contributed by atoms with Gasteiger partial charge in [0.25, 0.3) is 0 Å². The summed E-state index contributed by atoms with van der Waals surface area (Å²) in [4.78, 5) is 20.0. The van der Waals surface area contributed by atoms with E-state index in [2.05, 4.69) is 91.0 Å². The molecule has 1 fully saturated rings. The molecule has 3 heterocycles. The van der Waals surface area contributed by atoms with Crippen molar-refractivity contribution >= 4 is 27.6 Å². The van der Waals surface area contributed by atoms with Crippen molar-refractivity contribution in [2.24, 2.45) is 11.0 Å². The first-order valence-electron chi connectivity index (χ1n) is 16.8. The van der Waals surface area contributed by atoms with Crippen molar-refractivity contribution in [2.45, 2.75) is 44.7 Å². The lowest BCUT2D eigenvalue weighted by Crippen LogP contribution is -2.41. The van der Waals surface area contributed by atoms with Crippen LogP contribution < -0.4 is 15.4 Å². The number of benzene rings is 4. The van der Waals surface area contributed by atoms with Gasteiger partial charge in [0.2, 0.25) is 5.91 Å². The number of carbonyl (C=O) groups excluding carboxylic acids is 1. The van der Waals surface area contributed by atoms with Gasteiger partial charge in [0.1, 0.15) is 11.6 Å². The van der Waals surface area contributed by atoms with Gasteiger partial charge < -0.3 is 24.9 Å². The molecule has 0 radical (unpaired) electrons. The van der Waals surface area contributed by atoms with Gasteiger partial charge in [-0.05, 0) is 83.5 Å². The number of H-pyrrole nitrogens is 1. The molecule has 1 atom stereocenters. The Morgan fingerprint density at radius 2 is 1.71 bits per heavy atom. The molecule has 7 rings (SSSR count). The molecule has 1 saturated heterocycles. The molecule has 1 amide bonds. The number of aromatic nitrogens is 4. The molecule has 6 aromatic rings. The van der Waals surface area contributed by atoms with E-state index >= 15 is 0 Å². The zero-order valence-corrected chi connectivity index (χ0v) is 27.3. The molecule has 0 spiro atoms. The van der Waals surface area contributed by atoms with Crippen molar-refractivity contribution < 1.29 is 9.53 Å². The van der Waals surface area contributed by atoms with Crippen molar-refractivity contribution in [1.82, 2.24) is 30.4 Å². The molecule has 4 aromatic carbocycles. The van der Waals surface area contributed by atoms with Gasteiger partial charge >= 0.3 is 0 Å². The van der Waals surface area contributed by atoms with Crippen molar-refractivity contribution in [3.8, 4) is 5.75 Å². The predicted molar refractivity (Wildman–Crippen MR) is 190 cm³/mol. The maximum absolute atomic E-state index is 13.8. The van der Waals surface area contributed by atoms with E-state index in [0.29, 0.717) is 25.1 Å². The highest BCUT2D eigenvalue weighted by Gasteiger charge is 2.28. The van der Waals surface area contributed by atoms with E-state index in [1.165, 1.54) is 10.9 Å². The number of fused-ring (bicyclic) bond motifs is 2. The van der Waals surface area contributed by atoms with Crippen LogP contribution in [-0.4, -0.2) is 45.5 Å². The van der Waals surface area contributed by atoms with Crippen molar-refractivity contribution in [3.63, 3.8) is 0 Å². The normalized spacial score (nSPS) is 14.0. The lowest BCUT2D eigenvalue weighted by molar-refractivity contribution is -0.126. The van der Waals surface area contributed by atoms with E-state index in [0.717, 1.165) is 71.4 Å². The zero-order chi connectivity index (χ0) is 33.4. The van der Waals surface area contributed by atoms with E-state index in [4.69, 9.17) is 20.5 Å². The summed E-state index contributed by atoms with van der Waals surface area (Å²) in [5.41, 5.74) is 13.1. The molecule has 248 valence electrons. The second-order valence-corrected chi connectivity index (χ2v) is 12.5. The summed E-state index contributed by atoms with van der Waals surface area (Å²) >= 11 is 0. The summed E-state index contributed by atoms with van der Waals surface area (Å²) in [5.74, 6) is 2.20. The third-order valence-electron chi connectivity index (χ3n) is 9.41. The van der Waals surface area contributed by atoms with Gasteiger partial charge in [-0.1, -0.05) is 77.9 Å². The van der Waals surface area contributed by atoms with Gasteiger partial charge in [0.15, 0.2) is 12.6 Å². The number of ether oxygens (including phenoxy) is 1. The third kappa shape index (κ3) is 7.43. The molecule has 1 aliphatic heterocycles. The van der Waals surface area contributed by atoms with Gasteiger partial charge in [0.05, 0.1) is 12.6 Å². The number of aryl methyl sites for hydroxylation is 2. The van der Waals surface area contributed by atoms with E-state index in [1.54, 1.807) is 0 Å². The number of carbonyl (C=O) groups is 1. The van der Waals surface area contributed by atoms with E-state index in [9.17, 15) is 4.79 Å². The number of nitrogens with one attached hydrogen (secondary N) is 3. The standard InChI is InChI=1S/C38H39N9O2/c39-46-42-25-49-31-15-12-26(13-16-31)24-47-36(17-14-30-23-41-34-11-4-3-10-33(30)34)44-45-37(47)35(43-38(48)28-18-20-40-21-19-28)22-29-8-5-7-27-6-1-2-9-32(27)29/h1-13,15-16,23,28,35,40-41H,14,17-22,24-25H2,(H,43,48)/t35-/m1/s1. The molecule has 0 unspecified atom stereocenters. The van der Waals surface area contributed by atoms with Crippen LogP contribution in [0.4, 0.5) is 0 Å². The van der Waals surface area contributed by atoms with Crippen LogP contribution in [-0.2, 0) is 30.6 Å². The first kappa shape index (κ1) is 31.9. The van der Waals surface area contributed by atoms with E-state index in [1.807, 2.05) is 36.4 Å². The van der Waals surface area contributed by atoms with Crippen molar-refractivity contribution in [2.75, 3.05) is 19.8 Å². The number of azide groups is 1. The van der Waals surface area contributed by atoms with Crippen LogP contribution in [0.2, 0.25) is 0 Å². The van der Waals surface area contributed by atoms with E-state index < -0.39 is 6.04 Å². The van der Waals surface area contributed by atoms with Crippen LogP contribution in [0, 0.1) is 5.92 Å². The Kier molecular flexibility index (Phi) is 9.82. The molecule has 3 N–H and O–H groups in total. The number of para-hydroxylation sites is 1. The third-order valence-corrected chi connectivity index (χ3v) is 9.41. The average Bonchev–Trinajstić information content (AvgIpc) is 3.75. The van der Waals surface area contributed by atoms with Crippen LogP contribution in [0.25, 0.3) is 32.1 Å². The fourth-order valence-electron chi connectivity index (χ4n) is 6.82. The Labute approximate surface area is 284 Å². The van der Waals surface area contributed by atoms with Gasteiger partial charge in [0, 0.05) is 40.8 Å². The summed E-state index contributed by atoms with van der Waals surface area (Å²) < 4.78 is 7.70. The molecule has 2 aromatic heterocycles. The van der Waals surface area contributed by atoms with Crippen LogP contribution in [0.1, 0.15) is 47.2 Å². The zero-order valence-electron chi connectivity index (χ0n) is 27.3. The highest BCUT2D eigenvalue weighted by atomic mass is 16.5. The topological polar surface area (TPSA) is 146 Å². The summed E-state index contributed by atoms with van der Waals surface area (Å²) in [5, 5.41) is 23.4. The molecule has 49 heavy (non-hydrogen) atoms. The number of amides is 1. The molecule has 0 saturated carbocycles. The molecule has 0 aliphatic carbocycles. The SMILES string of the molecule is [N-]=[N+]=NCOc1ccc(Cn2c(CCc3c[nH]c4ccccc34)nnc2[C@@H](Cc2cccc3ccccc23)NC(=O)C2CCNCC2)cc1. The summed E-state index contributed by atoms with van der Waals surface area (Å²) in [6.07, 6.45) is 5.72. The number of nitrogens with zero attached hydrogens (tertiary/aromatic N) is 6. The molecule has 11 heteroatoms. The Hall–Kier alpha value is -5.64. The minimum Gasteiger partial charge on any atom is -0.488 e. The van der Waals surface area contributed by atoms with Crippen LogP contribution in [0.5, 0.6) is 5.75 Å². The van der Waals surface area contributed by atoms with Crippen molar-refractivity contribution in [1.29, 1.82) is 0 Å². The number of piperidine rings is 1. The molecule has 11 nitrogen and oxygen atoms in total. The van der Waals surface area contributed by atoms with Crippen molar-refractivity contribution in [3.05, 3.63) is 136 Å². The van der Waals surface area contributed by atoms with Gasteiger partial charge in [-0.15, -0.1) is 10.2 Å². The first-order chi connectivity index (χ1) is 24.2. The minimum atomic E-state index is -0.394. The van der Waals surface area contributed by atoms with Crippen LogP contribution in [0.3, 0.4) is 0 Å². The summed E-state index contributed by atoms with van der Waals surface area (Å²) in [6, 6.07) is 30.3. The number of aromatic amines is 1. The Balaban J connectivity index is 1.24. The molecule has 1 aliphatic rings. The van der Waals surface area contributed by atoms with Gasteiger partial charge in [-0.3, -0.25) is 4.79 Å². The average molecular weight is 654 g/mol. The quantitative estimate of drug-likeness (QED) is 0.0714. The maximum atomic E-state index is 13.8. The number of hydrogen-bond donors (Lipinski definition) is 3. The highest BCUT2D eigenvalue weighted by Crippen LogP contribution is 2.27. The molecular weight excluding hydrogens is 614 g/mol.